The van der Waals surface area contributed by atoms with E-state index >= 15 is 0 Å². The topological polar surface area (TPSA) is 72.7 Å². The molecule has 1 N–H and O–H groups in total. The molecule has 2 aromatic heterocycles. The molecule has 0 bridgehead atoms. The number of hydrogen-bond donors (Lipinski definition) is 1. The molecule has 6 heteroatoms. The average molecular weight is 365 g/mol. The lowest BCUT2D eigenvalue weighted by Gasteiger charge is -2.30. The van der Waals surface area contributed by atoms with Gasteiger partial charge in [0, 0.05) is 35.7 Å². The van der Waals surface area contributed by atoms with Gasteiger partial charge in [0.2, 0.25) is 0 Å². The number of anilines is 1. The van der Waals surface area contributed by atoms with Crippen LogP contribution >= 0.6 is 0 Å². The molecule has 0 amide bonds. The molecule has 0 saturated heterocycles. The Morgan fingerprint density at radius 3 is 2.41 bits per heavy atom. The minimum absolute atomic E-state index is 0.0382. The zero-order valence-corrected chi connectivity index (χ0v) is 15.9. The van der Waals surface area contributed by atoms with E-state index < -0.39 is 0 Å². The molecule has 2 aromatic rings. The van der Waals surface area contributed by atoms with Gasteiger partial charge in [-0.3, -0.25) is 4.79 Å². The molecule has 142 valence electrons. The van der Waals surface area contributed by atoms with Crippen LogP contribution in [0.1, 0.15) is 86.5 Å². The van der Waals surface area contributed by atoms with Crippen molar-refractivity contribution in [3.05, 3.63) is 45.8 Å². The number of aryl methyl sites for hydroxylation is 1. The second-order valence-electron chi connectivity index (χ2n) is 8.49. The van der Waals surface area contributed by atoms with Gasteiger partial charge < -0.3 is 5.32 Å². The zero-order valence-electron chi connectivity index (χ0n) is 15.9. The normalized spacial score (nSPS) is 25.4. The van der Waals surface area contributed by atoms with E-state index in [1.54, 1.807) is 10.7 Å². The Hall–Kier alpha value is -2.24. The first-order valence-electron chi connectivity index (χ1n) is 10.4. The third kappa shape index (κ3) is 3.75. The summed E-state index contributed by atoms with van der Waals surface area (Å²) in [5.74, 6) is 3.10. The fraction of sp³-hybridized carbons (Fsp3) is 0.619. The maximum Gasteiger partial charge on any atom is 0.267 e. The van der Waals surface area contributed by atoms with Gasteiger partial charge in [-0.15, -0.1) is 0 Å². The predicted octanol–water partition coefficient (Wildman–Crippen LogP) is 3.69. The SMILES string of the molecule is Cc1cc(NC2CCC(n3nc(C4CC4)ccc3=O)CC2)nc(C2CC2)n1. The highest BCUT2D eigenvalue weighted by Crippen LogP contribution is 2.39. The van der Waals surface area contributed by atoms with Crippen molar-refractivity contribution in [1.82, 2.24) is 19.7 Å². The van der Waals surface area contributed by atoms with Crippen molar-refractivity contribution in [2.45, 2.75) is 82.2 Å². The molecule has 27 heavy (non-hydrogen) atoms. The van der Waals surface area contributed by atoms with Crippen LogP contribution in [0.3, 0.4) is 0 Å². The van der Waals surface area contributed by atoms with Crippen LogP contribution < -0.4 is 10.9 Å². The number of hydrogen-bond acceptors (Lipinski definition) is 5. The third-order valence-corrected chi connectivity index (χ3v) is 6.05. The summed E-state index contributed by atoms with van der Waals surface area (Å²) in [5, 5.41) is 8.29. The summed E-state index contributed by atoms with van der Waals surface area (Å²) in [6, 6.07) is 6.30. The van der Waals surface area contributed by atoms with Gasteiger partial charge in [-0.05, 0) is 64.4 Å². The highest BCUT2D eigenvalue weighted by atomic mass is 16.1. The molecule has 3 fully saturated rings. The molecule has 3 aliphatic carbocycles. The second-order valence-corrected chi connectivity index (χ2v) is 8.49. The van der Waals surface area contributed by atoms with Crippen LogP contribution in [0, 0.1) is 6.92 Å². The van der Waals surface area contributed by atoms with Crippen LogP contribution in [0.15, 0.2) is 23.0 Å². The van der Waals surface area contributed by atoms with E-state index in [0.717, 1.165) is 48.7 Å². The Balaban J connectivity index is 1.24. The van der Waals surface area contributed by atoms with Gasteiger partial charge in [-0.1, -0.05) is 0 Å². The van der Waals surface area contributed by atoms with Gasteiger partial charge in [0.05, 0.1) is 11.7 Å². The molecule has 2 heterocycles. The second kappa shape index (κ2) is 6.73. The summed E-state index contributed by atoms with van der Waals surface area (Å²) in [7, 11) is 0. The lowest BCUT2D eigenvalue weighted by atomic mass is 9.91. The molecule has 0 radical (unpaired) electrons. The van der Waals surface area contributed by atoms with Crippen molar-refractivity contribution >= 4 is 5.82 Å². The first kappa shape index (κ1) is 16.9. The van der Waals surface area contributed by atoms with Gasteiger partial charge >= 0.3 is 0 Å². The molecule has 3 saturated carbocycles. The summed E-state index contributed by atoms with van der Waals surface area (Å²) < 4.78 is 1.75. The first-order valence-corrected chi connectivity index (χ1v) is 10.4. The Kier molecular flexibility index (Phi) is 4.21. The lowest BCUT2D eigenvalue weighted by molar-refractivity contribution is 0.301. The molecule has 3 aliphatic rings. The van der Waals surface area contributed by atoms with Gasteiger partial charge in [-0.25, -0.2) is 14.6 Å². The van der Waals surface area contributed by atoms with E-state index in [1.807, 2.05) is 19.1 Å². The van der Waals surface area contributed by atoms with Crippen LogP contribution in [-0.4, -0.2) is 25.8 Å². The monoisotopic (exact) mass is 365 g/mol. The average Bonchev–Trinajstić information content (AvgIpc) is 3.56. The molecule has 0 atom stereocenters. The van der Waals surface area contributed by atoms with E-state index in [4.69, 9.17) is 4.98 Å². The third-order valence-electron chi connectivity index (χ3n) is 6.05. The quantitative estimate of drug-likeness (QED) is 0.875. The maximum atomic E-state index is 12.3. The summed E-state index contributed by atoms with van der Waals surface area (Å²) in [6.45, 7) is 2.04. The summed E-state index contributed by atoms with van der Waals surface area (Å²) >= 11 is 0. The van der Waals surface area contributed by atoms with Gasteiger partial charge in [0.15, 0.2) is 0 Å². The zero-order chi connectivity index (χ0) is 18.4. The number of nitrogens with one attached hydrogen (secondary N) is 1. The fourth-order valence-electron chi connectivity index (χ4n) is 4.16. The molecule has 0 aliphatic heterocycles. The smallest absolute Gasteiger partial charge is 0.267 e. The highest BCUT2D eigenvalue weighted by molar-refractivity contribution is 5.38. The van der Waals surface area contributed by atoms with Crippen LogP contribution in [0.25, 0.3) is 0 Å². The van der Waals surface area contributed by atoms with Crippen molar-refractivity contribution in [1.29, 1.82) is 0 Å². The van der Waals surface area contributed by atoms with Crippen LogP contribution in [0.4, 0.5) is 5.82 Å². The molecular weight excluding hydrogens is 338 g/mol. The molecule has 0 aromatic carbocycles. The van der Waals surface area contributed by atoms with Crippen molar-refractivity contribution in [2.75, 3.05) is 5.32 Å². The molecule has 0 spiro atoms. The van der Waals surface area contributed by atoms with Crippen LogP contribution in [-0.2, 0) is 0 Å². The van der Waals surface area contributed by atoms with Gasteiger partial charge in [0.25, 0.3) is 5.56 Å². The number of aromatic nitrogens is 4. The molecule has 0 unspecified atom stereocenters. The standard InChI is InChI=1S/C21H27N5O/c1-13-12-19(24-21(22-13)15-4-5-15)23-16-6-8-17(9-7-16)26-20(27)11-10-18(25-26)14-2-3-14/h10-12,14-17H,2-9H2,1H3,(H,22,23,24). The number of rotatable bonds is 5. The van der Waals surface area contributed by atoms with E-state index in [-0.39, 0.29) is 11.6 Å². The van der Waals surface area contributed by atoms with Crippen molar-refractivity contribution in [3.8, 4) is 0 Å². The Morgan fingerprint density at radius 1 is 0.963 bits per heavy atom. The lowest BCUT2D eigenvalue weighted by Crippen LogP contribution is -2.33. The van der Waals surface area contributed by atoms with E-state index in [9.17, 15) is 4.79 Å². The molecular formula is C21H27N5O. The van der Waals surface area contributed by atoms with Crippen LogP contribution in [0.2, 0.25) is 0 Å². The van der Waals surface area contributed by atoms with Gasteiger partial charge in [-0.2, -0.15) is 5.10 Å². The minimum Gasteiger partial charge on any atom is -0.367 e. The van der Waals surface area contributed by atoms with Crippen molar-refractivity contribution in [2.24, 2.45) is 0 Å². The van der Waals surface area contributed by atoms with Crippen LogP contribution in [0.5, 0.6) is 0 Å². The molecule has 5 rings (SSSR count). The predicted molar refractivity (Wildman–Crippen MR) is 104 cm³/mol. The Bertz CT molecular complexity index is 892. The first-order chi connectivity index (χ1) is 13.2. The minimum atomic E-state index is 0.0382. The van der Waals surface area contributed by atoms with E-state index in [1.165, 1.54) is 25.7 Å². The van der Waals surface area contributed by atoms with Crippen molar-refractivity contribution in [3.63, 3.8) is 0 Å². The van der Waals surface area contributed by atoms with Gasteiger partial charge in [0.1, 0.15) is 11.6 Å². The maximum absolute atomic E-state index is 12.3. The Morgan fingerprint density at radius 2 is 1.70 bits per heavy atom. The van der Waals surface area contributed by atoms with E-state index in [2.05, 4.69) is 15.4 Å². The molecule has 6 nitrogen and oxygen atoms in total. The fourth-order valence-corrected chi connectivity index (χ4v) is 4.16. The van der Waals surface area contributed by atoms with Crippen molar-refractivity contribution < 1.29 is 0 Å². The van der Waals surface area contributed by atoms with E-state index in [0.29, 0.717) is 17.9 Å². The Labute approximate surface area is 159 Å². The summed E-state index contributed by atoms with van der Waals surface area (Å²) in [5.41, 5.74) is 2.17. The highest BCUT2D eigenvalue weighted by Gasteiger charge is 2.29. The summed E-state index contributed by atoms with van der Waals surface area (Å²) in [6.07, 6.45) is 8.90. The largest absolute Gasteiger partial charge is 0.367 e. The summed E-state index contributed by atoms with van der Waals surface area (Å²) in [4.78, 5) is 21.6. The number of nitrogens with zero attached hydrogens (tertiary/aromatic N) is 4.